The summed E-state index contributed by atoms with van der Waals surface area (Å²) in [6.07, 6.45) is 3.68. The van der Waals surface area contributed by atoms with Crippen molar-refractivity contribution in [2.24, 2.45) is 0 Å². The molecular formula is C28H33NO6. The number of Topliss-reactive ketones (excluding diaryl/α,β-unsaturated/α-hetero) is 1. The van der Waals surface area contributed by atoms with E-state index in [1.807, 2.05) is 26.8 Å². The average Bonchev–Trinajstić information content (AvgIpc) is 3.46. The first-order valence-corrected chi connectivity index (χ1v) is 12.1. The third kappa shape index (κ3) is 4.59. The molecule has 0 aromatic heterocycles. The Bertz CT molecular complexity index is 1160. The molecule has 1 unspecified atom stereocenters. The average molecular weight is 480 g/mol. The third-order valence-corrected chi connectivity index (χ3v) is 6.73. The van der Waals surface area contributed by atoms with Gasteiger partial charge in [-0.1, -0.05) is 18.9 Å². The van der Waals surface area contributed by atoms with Crippen molar-refractivity contribution in [3.63, 3.8) is 0 Å². The van der Waals surface area contributed by atoms with Gasteiger partial charge in [0.2, 0.25) is 0 Å². The second-order valence-corrected chi connectivity index (χ2v) is 9.41. The minimum Gasteiger partial charge on any atom is -0.507 e. The molecule has 0 radical (unpaired) electrons. The van der Waals surface area contributed by atoms with E-state index in [1.54, 1.807) is 49.5 Å². The zero-order valence-electron chi connectivity index (χ0n) is 21.0. The molecule has 2 aliphatic rings. The molecule has 1 atom stereocenters. The van der Waals surface area contributed by atoms with Crippen LogP contribution in [0.4, 0.5) is 0 Å². The highest BCUT2D eigenvalue weighted by Crippen LogP contribution is 2.45. The first-order chi connectivity index (χ1) is 16.8. The minimum atomic E-state index is -0.718. The number of nitrogens with zero attached hydrogens (tertiary/aromatic N) is 1. The van der Waals surface area contributed by atoms with Gasteiger partial charge in [-0.15, -0.1) is 0 Å². The second-order valence-electron chi connectivity index (χ2n) is 9.41. The van der Waals surface area contributed by atoms with Gasteiger partial charge in [0.05, 0.1) is 31.9 Å². The maximum atomic E-state index is 13.4. The lowest BCUT2D eigenvalue weighted by Crippen LogP contribution is -2.37. The van der Waals surface area contributed by atoms with Gasteiger partial charge in [-0.05, 0) is 75.1 Å². The zero-order chi connectivity index (χ0) is 25.3. The van der Waals surface area contributed by atoms with Crippen molar-refractivity contribution in [3.05, 3.63) is 58.7 Å². The number of carbonyl (C=O) groups is 2. The summed E-state index contributed by atoms with van der Waals surface area (Å²) in [6, 6.07) is 9.85. The number of aryl methyl sites for hydroxylation is 1. The lowest BCUT2D eigenvalue weighted by atomic mass is 9.94. The van der Waals surface area contributed by atoms with E-state index in [0.29, 0.717) is 28.4 Å². The maximum absolute atomic E-state index is 13.4. The van der Waals surface area contributed by atoms with E-state index in [1.165, 1.54) is 0 Å². The van der Waals surface area contributed by atoms with Crippen molar-refractivity contribution in [1.29, 1.82) is 0 Å². The maximum Gasteiger partial charge on any atom is 0.295 e. The third-order valence-electron chi connectivity index (χ3n) is 6.73. The van der Waals surface area contributed by atoms with Crippen LogP contribution in [0.3, 0.4) is 0 Å². The Morgan fingerprint density at radius 2 is 1.63 bits per heavy atom. The van der Waals surface area contributed by atoms with E-state index in [-0.39, 0.29) is 23.5 Å². The van der Waals surface area contributed by atoms with Crippen molar-refractivity contribution in [2.45, 2.75) is 64.6 Å². The van der Waals surface area contributed by atoms with Crippen LogP contribution >= 0.6 is 0 Å². The van der Waals surface area contributed by atoms with Crippen molar-refractivity contribution >= 4 is 17.4 Å². The van der Waals surface area contributed by atoms with Crippen LogP contribution in [0.1, 0.15) is 62.3 Å². The fourth-order valence-corrected chi connectivity index (χ4v) is 5.10. The first-order valence-electron chi connectivity index (χ1n) is 12.1. The molecule has 1 aliphatic heterocycles. The van der Waals surface area contributed by atoms with Crippen LogP contribution in [-0.2, 0) is 9.59 Å². The van der Waals surface area contributed by atoms with Crippen LogP contribution in [0.15, 0.2) is 42.0 Å². The van der Waals surface area contributed by atoms with E-state index in [0.717, 1.165) is 31.2 Å². The molecule has 1 heterocycles. The van der Waals surface area contributed by atoms with Crippen LogP contribution in [0.5, 0.6) is 17.2 Å². The lowest BCUT2D eigenvalue weighted by Gasteiger charge is -2.31. The normalized spacial score (nSPS) is 20.1. The number of aliphatic hydroxyl groups is 1. The summed E-state index contributed by atoms with van der Waals surface area (Å²) < 4.78 is 16.7. The highest BCUT2D eigenvalue weighted by atomic mass is 16.5. The van der Waals surface area contributed by atoms with Crippen LogP contribution in [-0.4, -0.2) is 48.1 Å². The van der Waals surface area contributed by atoms with Gasteiger partial charge in [0, 0.05) is 11.6 Å². The molecule has 0 bridgehead atoms. The van der Waals surface area contributed by atoms with Gasteiger partial charge in [0.15, 0.2) is 11.5 Å². The molecule has 2 aromatic rings. The van der Waals surface area contributed by atoms with Gasteiger partial charge in [-0.2, -0.15) is 0 Å². The summed E-state index contributed by atoms with van der Waals surface area (Å²) in [5, 5.41) is 11.4. The number of likely N-dealkylation sites (tertiary alicyclic amines) is 1. The summed E-state index contributed by atoms with van der Waals surface area (Å²) in [5.74, 6) is 0.310. The van der Waals surface area contributed by atoms with Crippen molar-refractivity contribution in [3.8, 4) is 17.2 Å². The SMILES string of the molecule is COc1ccc(C2/C(=C(/O)c3ccc(OC(C)C)c(C)c3)C(=O)C(=O)N2C2CCCC2)cc1OC. The number of hydrogen-bond donors (Lipinski definition) is 1. The predicted molar refractivity (Wildman–Crippen MR) is 133 cm³/mol. The van der Waals surface area contributed by atoms with Gasteiger partial charge in [0.25, 0.3) is 11.7 Å². The smallest absolute Gasteiger partial charge is 0.295 e. The molecule has 0 spiro atoms. The predicted octanol–water partition coefficient (Wildman–Crippen LogP) is 5.16. The number of benzene rings is 2. The van der Waals surface area contributed by atoms with E-state index in [9.17, 15) is 14.7 Å². The second kappa shape index (κ2) is 10.0. The molecule has 186 valence electrons. The largest absolute Gasteiger partial charge is 0.507 e. The van der Waals surface area contributed by atoms with Crippen molar-refractivity contribution < 1.29 is 28.9 Å². The summed E-state index contributed by atoms with van der Waals surface area (Å²) in [5.41, 5.74) is 2.07. The zero-order valence-corrected chi connectivity index (χ0v) is 21.0. The highest BCUT2D eigenvalue weighted by molar-refractivity contribution is 6.46. The van der Waals surface area contributed by atoms with Crippen molar-refractivity contribution in [2.75, 3.05) is 14.2 Å². The van der Waals surface area contributed by atoms with Gasteiger partial charge >= 0.3 is 0 Å². The fraction of sp³-hybridized carbons (Fsp3) is 0.429. The summed E-state index contributed by atoms with van der Waals surface area (Å²) in [7, 11) is 3.09. The molecule has 4 rings (SSSR count). The van der Waals surface area contributed by atoms with Gasteiger partial charge in [0.1, 0.15) is 11.5 Å². The number of ether oxygens (including phenoxy) is 3. The Morgan fingerprint density at radius 1 is 0.971 bits per heavy atom. The van der Waals surface area contributed by atoms with Crippen LogP contribution < -0.4 is 14.2 Å². The summed E-state index contributed by atoms with van der Waals surface area (Å²) in [4.78, 5) is 28.3. The number of amides is 1. The van der Waals surface area contributed by atoms with E-state index >= 15 is 0 Å². The standard InChI is InChI=1S/C28H33NO6/c1-16(2)35-21-12-11-19(14-17(21)3)26(30)24-25(18-10-13-22(33-4)23(15-18)34-5)29(28(32)27(24)31)20-8-6-7-9-20/h10-16,20,25,30H,6-9H2,1-5H3/b26-24-. The Hall–Kier alpha value is -3.48. The number of aliphatic hydroxyl groups excluding tert-OH is 1. The summed E-state index contributed by atoms with van der Waals surface area (Å²) in [6.45, 7) is 5.78. The van der Waals surface area contributed by atoms with Gasteiger partial charge < -0.3 is 24.2 Å². The molecule has 7 nitrogen and oxygen atoms in total. The first kappa shape index (κ1) is 24.6. The molecule has 2 fully saturated rings. The van der Waals surface area contributed by atoms with Crippen LogP contribution in [0.2, 0.25) is 0 Å². The van der Waals surface area contributed by atoms with E-state index in [2.05, 4.69) is 0 Å². The molecule has 7 heteroatoms. The topological polar surface area (TPSA) is 85.3 Å². The molecule has 2 aromatic carbocycles. The molecule has 1 amide bonds. The number of rotatable bonds is 7. The Morgan fingerprint density at radius 3 is 2.23 bits per heavy atom. The molecular weight excluding hydrogens is 446 g/mol. The highest BCUT2D eigenvalue weighted by Gasteiger charge is 2.49. The number of ketones is 1. The lowest BCUT2D eigenvalue weighted by molar-refractivity contribution is -0.141. The molecule has 1 aliphatic carbocycles. The number of methoxy groups -OCH3 is 2. The van der Waals surface area contributed by atoms with Gasteiger partial charge in [-0.3, -0.25) is 9.59 Å². The molecule has 1 N–H and O–H groups in total. The van der Waals surface area contributed by atoms with E-state index in [4.69, 9.17) is 14.2 Å². The quantitative estimate of drug-likeness (QED) is 0.335. The monoisotopic (exact) mass is 479 g/mol. The molecule has 1 saturated heterocycles. The Labute approximate surface area is 206 Å². The van der Waals surface area contributed by atoms with Crippen LogP contribution in [0.25, 0.3) is 5.76 Å². The van der Waals surface area contributed by atoms with Crippen molar-refractivity contribution in [1.82, 2.24) is 4.90 Å². The number of hydrogen-bond acceptors (Lipinski definition) is 6. The van der Waals surface area contributed by atoms with Crippen LogP contribution in [0, 0.1) is 6.92 Å². The molecule has 35 heavy (non-hydrogen) atoms. The Kier molecular flexibility index (Phi) is 7.05. The fourth-order valence-electron chi connectivity index (χ4n) is 5.10. The number of carbonyl (C=O) groups excluding carboxylic acids is 2. The molecule has 1 saturated carbocycles. The van der Waals surface area contributed by atoms with Gasteiger partial charge in [-0.25, -0.2) is 0 Å². The minimum absolute atomic E-state index is 0.00920. The summed E-state index contributed by atoms with van der Waals surface area (Å²) >= 11 is 0. The van der Waals surface area contributed by atoms with E-state index < -0.39 is 17.7 Å². The Balaban J connectivity index is 1.86.